The fraction of sp³-hybridized carbons (Fsp3) is 0.200. The Morgan fingerprint density at radius 2 is 2.19 bits per heavy atom. The maximum absolute atomic E-state index is 9.06. The van der Waals surface area contributed by atoms with Gasteiger partial charge in [0.15, 0.2) is 0 Å². The molecular weight excluding hydrogens is 226 g/mol. The highest BCUT2D eigenvalue weighted by Crippen LogP contribution is 2.17. The van der Waals surface area contributed by atoms with Crippen molar-refractivity contribution in [1.29, 1.82) is 0 Å². The normalized spacial score (nSPS) is 21.6. The first-order valence-corrected chi connectivity index (χ1v) is 5.10. The third-order valence-electron chi connectivity index (χ3n) is 1.98. The van der Waals surface area contributed by atoms with Gasteiger partial charge in [-0.25, -0.2) is 4.99 Å². The van der Waals surface area contributed by atoms with E-state index in [0.717, 1.165) is 0 Å². The van der Waals surface area contributed by atoms with Crippen LogP contribution < -0.4 is 0 Å². The van der Waals surface area contributed by atoms with Crippen LogP contribution in [0, 0.1) is 0 Å². The Morgan fingerprint density at radius 1 is 1.50 bits per heavy atom. The summed E-state index contributed by atoms with van der Waals surface area (Å²) in [4.78, 5) is 8.05. The van der Waals surface area contributed by atoms with Crippen LogP contribution >= 0.6 is 11.6 Å². The molecule has 0 fully saturated rings. The van der Waals surface area contributed by atoms with Crippen LogP contribution in [0.2, 0.25) is 0 Å². The van der Waals surface area contributed by atoms with E-state index in [9.17, 15) is 0 Å². The average Bonchev–Trinajstić information content (AvgIpc) is 2.25. The zero-order valence-corrected chi connectivity index (χ0v) is 9.81. The summed E-state index contributed by atoms with van der Waals surface area (Å²) in [7, 11) is -0.0397. The molecule has 0 atom stereocenters. The van der Waals surface area contributed by atoms with E-state index in [1.807, 2.05) is 19.1 Å². The highest BCUT2D eigenvalue weighted by Gasteiger charge is 2.24. The molecule has 1 aliphatic rings. The van der Waals surface area contributed by atoms with Crippen LogP contribution in [0.4, 0.5) is 0 Å². The lowest BCUT2D eigenvalue weighted by atomic mass is 9.78. The predicted molar refractivity (Wildman–Crippen MR) is 67.8 cm³/mol. The topological polar surface area (TPSA) is 65.2 Å². The van der Waals surface area contributed by atoms with E-state index in [0.29, 0.717) is 11.4 Å². The summed E-state index contributed by atoms with van der Waals surface area (Å²) in [5.41, 5.74) is 1.31. The fourth-order valence-corrected chi connectivity index (χ4v) is 1.42. The maximum Gasteiger partial charge on any atom is 0.491 e. The first kappa shape index (κ1) is 12.9. The minimum atomic E-state index is -1.64. The molecule has 0 spiro atoms. The van der Waals surface area contributed by atoms with E-state index < -0.39 is 7.12 Å². The molecular formula is C10H12BClN2O2. The van der Waals surface area contributed by atoms with Crippen LogP contribution in [-0.2, 0) is 0 Å². The number of allylic oxidation sites excluding steroid dienone is 5. The molecule has 0 saturated carbocycles. The van der Waals surface area contributed by atoms with Crippen molar-refractivity contribution in [3.63, 3.8) is 0 Å². The maximum atomic E-state index is 9.06. The summed E-state index contributed by atoms with van der Waals surface area (Å²) in [5, 5.41) is 18.2. The third-order valence-corrected chi connectivity index (χ3v) is 2.28. The third kappa shape index (κ3) is 2.91. The Morgan fingerprint density at radius 3 is 2.69 bits per heavy atom. The van der Waals surface area contributed by atoms with E-state index in [4.69, 9.17) is 21.6 Å². The van der Waals surface area contributed by atoms with E-state index in [-0.39, 0.29) is 10.6 Å². The van der Waals surface area contributed by atoms with Gasteiger partial charge in [-0.3, -0.25) is 4.99 Å². The van der Waals surface area contributed by atoms with Crippen LogP contribution in [0.1, 0.15) is 6.92 Å². The van der Waals surface area contributed by atoms with Gasteiger partial charge in [-0.2, -0.15) is 0 Å². The molecule has 0 bridgehead atoms. The molecule has 1 rings (SSSR count). The Balaban J connectivity index is 3.15. The van der Waals surface area contributed by atoms with E-state index in [1.54, 1.807) is 13.1 Å². The number of hydrogen-bond donors (Lipinski definition) is 2. The summed E-state index contributed by atoms with van der Waals surface area (Å²) in [6.45, 7) is 1.88. The first-order valence-electron chi connectivity index (χ1n) is 4.72. The molecule has 1 heterocycles. The Hall–Kier alpha value is -1.17. The summed E-state index contributed by atoms with van der Waals surface area (Å²) < 4.78 is 0. The Kier molecular flexibility index (Phi) is 4.67. The molecule has 1 aliphatic heterocycles. The van der Waals surface area contributed by atoms with Crippen molar-refractivity contribution in [3.8, 4) is 0 Å². The lowest BCUT2D eigenvalue weighted by Crippen LogP contribution is -2.24. The molecule has 16 heavy (non-hydrogen) atoms. The minimum Gasteiger partial charge on any atom is -0.423 e. The van der Waals surface area contributed by atoms with Gasteiger partial charge in [0, 0.05) is 12.5 Å². The summed E-state index contributed by atoms with van der Waals surface area (Å²) in [6, 6.07) is 0. The van der Waals surface area contributed by atoms with Gasteiger partial charge in [-0.1, -0.05) is 23.8 Å². The van der Waals surface area contributed by atoms with Crippen molar-refractivity contribution >= 4 is 29.6 Å². The zero-order chi connectivity index (χ0) is 12.1. The van der Waals surface area contributed by atoms with E-state index in [2.05, 4.69) is 9.98 Å². The van der Waals surface area contributed by atoms with Gasteiger partial charge >= 0.3 is 7.12 Å². The second-order valence-electron chi connectivity index (χ2n) is 3.06. The number of aliphatic imine (C=N–C) groups is 2. The first-order chi connectivity index (χ1) is 7.60. The van der Waals surface area contributed by atoms with Gasteiger partial charge in [0.05, 0.1) is 11.4 Å². The summed E-state index contributed by atoms with van der Waals surface area (Å²) >= 11 is 5.82. The molecule has 2 N–H and O–H groups in total. The highest BCUT2D eigenvalue weighted by atomic mass is 35.5. The molecule has 0 aromatic rings. The molecule has 0 aliphatic carbocycles. The lowest BCUT2D eigenvalue weighted by Gasteiger charge is -2.12. The van der Waals surface area contributed by atoms with Gasteiger partial charge in [0.1, 0.15) is 5.17 Å². The SMILES string of the molecule is C/C=C\C=C1\N=C(Cl)C(B(O)O)=CC1=NC. The largest absolute Gasteiger partial charge is 0.491 e. The summed E-state index contributed by atoms with van der Waals surface area (Å²) in [5.74, 6) is 0. The monoisotopic (exact) mass is 238 g/mol. The van der Waals surface area contributed by atoms with Crippen molar-refractivity contribution in [2.75, 3.05) is 7.05 Å². The van der Waals surface area contributed by atoms with Crippen molar-refractivity contribution in [2.45, 2.75) is 6.92 Å². The fourth-order valence-electron chi connectivity index (χ4n) is 1.18. The van der Waals surface area contributed by atoms with Crippen LogP contribution in [-0.4, -0.2) is 35.1 Å². The van der Waals surface area contributed by atoms with Gasteiger partial charge in [0.2, 0.25) is 0 Å². The molecule has 0 aromatic heterocycles. The van der Waals surface area contributed by atoms with Crippen LogP contribution in [0.25, 0.3) is 0 Å². The van der Waals surface area contributed by atoms with E-state index in [1.165, 1.54) is 6.08 Å². The lowest BCUT2D eigenvalue weighted by molar-refractivity contribution is 0.422. The van der Waals surface area contributed by atoms with Gasteiger partial charge in [0.25, 0.3) is 0 Å². The molecule has 6 heteroatoms. The number of halogens is 1. The molecule has 0 unspecified atom stereocenters. The molecule has 84 valence electrons. The van der Waals surface area contributed by atoms with Gasteiger partial charge < -0.3 is 10.0 Å². The van der Waals surface area contributed by atoms with Gasteiger partial charge in [-0.05, 0) is 19.1 Å². The van der Waals surface area contributed by atoms with Crippen molar-refractivity contribution in [1.82, 2.24) is 0 Å². The highest BCUT2D eigenvalue weighted by molar-refractivity contribution is 6.80. The quantitative estimate of drug-likeness (QED) is 0.708. The van der Waals surface area contributed by atoms with Gasteiger partial charge in [-0.15, -0.1) is 0 Å². The average molecular weight is 238 g/mol. The number of nitrogens with zero attached hydrogens (tertiary/aromatic N) is 2. The smallest absolute Gasteiger partial charge is 0.423 e. The van der Waals surface area contributed by atoms with Crippen molar-refractivity contribution < 1.29 is 10.0 Å². The van der Waals surface area contributed by atoms with Crippen LogP contribution in [0.15, 0.2) is 45.5 Å². The standard InChI is InChI=1S/C10H12BClN2O2/c1-3-4-5-8-9(13-2)6-7(11(15)16)10(12)14-8/h3-6,15-16H,1-2H3/b4-3-,8-5+,13-9?. The second-order valence-corrected chi connectivity index (χ2v) is 3.42. The molecule has 0 radical (unpaired) electrons. The second kappa shape index (κ2) is 5.79. The number of hydrogen-bond acceptors (Lipinski definition) is 4. The number of dihydropyridines is 1. The van der Waals surface area contributed by atoms with Crippen LogP contribution in [0.3, 0.4) is 0 Å². The van der Waals surface area contributed by atoms with E-state index >= 15 is 0 Å². The minimum absolute atomic E-state index is 0.0677. The van der Waals surface area contributed by atoms with Crippen LogP contribution in [0.5, 0.6) is 0 Å². The predicted octanol–water partition coefficient (Wildman–Crippen LogP) is 1.11. The molecule has 0 saturated heterocycles. The molecule has 0 aromatic carbocycles. The van der Waals surface area contributed by atoms with Crippen molar-refractivity contribution in [3.05, 3.63) is 35.5 Å². The number of rotatable bonds is 2. The zero-order valence-electron chi connectivity index (χ0n) is 9.05. The summed E-state index contributed by atoms with van der Waals surface area (Å²) in [6.07, 6.45) is 6.92. The Labute approximate surface area is 99.5 Å². The molecule has 4 nitrogen and oxygen atoms in total. The Bertz CT molecular complexity index is 423. The molecule has 0 amide bonds. The van der Waals surface area contributed by atoms with Crippen molar-refractivity contribution in [2.24, 2.45) is 9.98 Å².